The number of hydrogen-bond acceptors (Lipinski definition) is 2. The summed E-state index contributed by atoms with van der Waals surface area (Å²) in [5.41, 5.74) is 2.16. The second kappa shape index (κ2) is 5.57. The second-order valence-corrected chi connectivity index (χ2v) is 5.04. The van der Waals surface area contributed by atoms with Crippen molar-refractivity contribution < 1.29 is 4.39 Å². The molecule has 0 saturated heterocycles. The third kappa shape index (κ3) is 2.93. The lowest BCUT2D eigenvalue weighted by Gasteiger charge is -2.07. The van der Waals surface area contributed by atoms with Crippen LogP contribution < -0.4 is 0 Å². The van der Waals surface area contributed by atoms with Crippen LogP contribution in [-0.4, -0.2) is 9.97 Å². The Bertz CT molecular complexity index is 570. The van der Waals surface area contributed by atoms with Gasteiger partial charge in [0.25, 0.3) is 0 Å². The quantitative estimate of drug-likeness (QED) is 0.790. The molecule has 0 unspecified atom stereocenters. The molecule has 0 aliphatic heterocycles. The number of nitrogens with zero attached hydrogens (tertiary/aromatic N) is 2. The maximum absolute atomic E-state index is 13.8. The Morgan fingerprint density at radius 1 is 1.22 bits per heavy atom. The van der Waals surface area contributed by atoms with Crippen LogP contribution in [0.25, 0.3) is 11.3 Å². The van der Waals surface area contributed by atoms with Crippen LogP contribution in [0.2, 0.25) is 0 Å². The largest absolute Gasteiger partial charge is 0.233 e. The highest BCUT2D eigenvalue weighted by atomic mass is 79.9. The zero-order valence-electron chi connectivity index (χ0n) is 10.4. The van der Waals surface area contributed by atoms with E-state index in [1.807, 2.05) is 6.92 Å². The summed E-state index contributed by atoms with van der Waals surface area (Å²) in [5.74, 6) is 0.483. The molecule has 0 aliphatic carbocycles. The minimum absolute atomic E-state index is 0.256. The summed E-state index contributed by atoms with van der Waals surface area (Å²) in [4.78, 5) is 8.70. The predicted molar refractivity (Wildman–Crippen MR) is 73.9 cm³/mol. The maximum atomic E-state index is 13.8. The van der Waals surface area contributed by atoms with E-state index in [1.54, 1.807) is 18.2 Å². The molecule has 0 amide bonds. The maximum Gasteiger partial charge on any atom is 0.132 e. The fourth-order valence-electron chi connectivity index (χ4n) is 1.77. The van der Waals surface area contributed by atoms with E-state index in [1.165, 1.54) is 6.07 Å². The van der Waals surface area contributed by atoms with Gasteiger partial charge in [-0.3, -0.25) is 0 Å². The van der Waals surface area contributed by atoms with Crippen molar-refractivity contribution in [3.63, 3.8) is 0 Å². The Morgan fingerprint density at radius 3 is 2.72 bits per heavy atom. The molecule has 1 aromatic carbocycles. The normalized spacial score (nSPS) is 10.7. The molecule has 0 bridgehead atoms. The molecule has 0 spiro atoms. The van der Waals surface area contributed by atoms with Crippen LogP contribution in [0.15, 0.2) is 28.9 Å². The topological polar surface area (TPSA) is 25.8 Å². The van der Waals surface area contributed by atoms with Gasteiger partial charge in [-0.1, -0.05) is 18.6 Å². The lowest BCUT2D eigenvalue weighted by molar-refractivity contribution is 0.630. The third-order valence-electron chi connectivity index (χ3n) is 2.61. The Hall–Kier alpha value is -1.29. The van der Waals surface area contributed by atoms with Gasteiger partial charge in [-0.25, -0.2) is 14.4 Å². The number of rotatable bonds is 3. The first-order chi connectivity index (χ1) is 8.60. The van der Waals surface area contributed by atoms with Gasteiger partial charge in [0, 0.05) is 12.0 Å². The van der Waals surface area contributed by atoms with Crippen LogP contribution in [0, 0.1) is 12.7 Å². The van der Waals surface area contributed by atoms with E-state index in [0.717, 1.165) is 24.2 Å². The van der Waals surface area contributed by atoms with Gasteiger partial charge in [-0.05, 0) is 47.5 Å². The van der Waals surface area contributed by atoms with Crippen LogP contribution in [0.3, 0.4) is 0 Å². The number of hydrogen-bond donors (Lipinski definition) is 0. The van der Waals surface area contributed by atoms with Crippen LogP contribution in [0.5, 0.6) is 0 Å². The van der Waals surface area contributed by atoms with Gasteiger partial charge in [-0.15, -0.1) is 0 Å². The average molecular weight is 309 g/mol. The van der Waals surface area contributed by atoms with Gasteiger partial charge in [0.15, 0.2) is 0 Å². The van der Waals surface area contributed by atoms with Crippen LogP contribution in [-0.2, 0) is 6.42 Å². The smallest absolute Gasteiger partial charge is 0.132 e. The number of benzene rings is 1. The van der Waals surface area contributed by atoms with Crippen molar-refractivity contribution in [2.45, 2.75) is 26.7 Å². The minimum Gasteiger partial charge on any atom is -0.233 e. The SMILES string of the molecule is CCCc1nc(Br)cc(-c2cc(C)ccc2F)n1. The summed E-state index contributed by atoms with van der Waals surface area (Å²) >= 11 is 3.35. The number of halogens is 2. The highest BCUT2D eigenvalue weighted by molar-refractivity contribution is 9.10. The molecular formula is C14H14BrFN2. The summed E-state index contributed by atoms with van der Waals surface area (Å²) < 4.78 is 14.5. The standard InChI is InChI=1S/C14H14BrFN2/c1-3-4-14-17-12(8-13(15)18-14)10-7-9(2)5-6-11(10)16/h5-8H,3-4H2,1-2H3. The van der Waals surface area contributed by atoms with Crippen LogP contribution in [0.4, 0.5) is 4.39 Å². The van der Waals surface area contributed by atoms with E-state index < -0.39 is 0 Å². The zero-order valence-corrected chi connectivity index (χ0v) is 12.0. The Morgan fingerprint density at radius 2 is 2.00 bits per heavy atom. The van der Waals surface area contributed by atoms with E-state index >= 15 is 0 Å². The van der Waals surface area contributed by atoms with Crippen molar-refractivity contribution in [3.05, 3.63) is 46.1 Å². The van der Waals surface area contributed by atoms with Crippen molar-refractivity contribution in [1.29, 1.82) is 0 Å². The molecule has 4 heteroatoms. The zero-order chi connectivity index (χ0) is 13.1. The van der Waals surface area contributed by atoms with Crippen molar-refractivity contribution in [3.8, 4) is 11.3 Å². The van der Waals surface area contributed by atoms with Crippen molar-refractivity contribution in [2.75, 3.05) is 0 Å². The number of aromatic nitrogens is 2. The second-order valence-electron chi connectivity index (χ2n) is 4.23. The predicted octanol–water partition coefficient (Wildman–Crippen LogP) is 4.31. The summed E-state index contributed by atoms with van der Waals surface area (Å²) in [6.07, 6.45) is 1.76. The Kier molecular flexibility index (Phi) is 4.07. The molecule has 1 heterocycles. The van der Waals surface area contributed by atoms with Crippen molar-refractivity contribution in [1.82, 2.24) is 9.97 Å². The third-order valence-corrected chi connectivity index (χ3v) is 3.02. The summed E-state index contributed by atoms with van der Waals surface area (Å²) in [7, 11) is 0. The molecule has 0 saturated carbocycles. The van der Waals surface area contributed by atoms with Gasteiger partial charge in [-0.2, -0.15) is 0 Å². The molecule has 0 aliphatic rings. The lowest BCUT2D eigenvalue weighted by atomic mass is 10.1. The van der Waals surface area contributed by atoms with Crippen molar-refractivity contribution in [2.24, 2.45) is 0 Å². The molecule has 1 aromatic heterocycles. The van der Waals surface area contributed by atoms with E-state index in [-0.39, 0.29) is 5.82 Å². The van der Waals surface area contributed by atoms with Gasteiger partial charge in [0.2, 0.25) is 0 Å². The van der Waals surface area contributed by atoms with Gasteiger partial charge in [0.05, 0.1) is 5.69 Å². The van der Waals surface area contributed by atoms with Gasteiger partial charge in [0.1, 0.15) is 16.2 Å². The molecule has 2 aromatic rings. The summed E-state index contributed by atoms with van der Waals surface area (Å²) in [6, 6.07) is 6.78. The first-order valence-electron chi connectivity index (χ1n) is 5.90. The molecule has 2 nitrogen and oxygen atoms in total. The molecule has 18 heavy (non-hydrogen) atoms. The number of aryl methyl sites for hydroxylation is 2. The average Bonchev–Trinajstić information content (AvgIpc) is 2.32. The Labute approximate surface area is 114 Å². The summed E-state index contributed by atoms with van der Waals surface area (Å²) in [6.45, 7) is 4.00. The molecular weight excluding hydrogens is 295 g/mol. The lowest BCUT2D eigenvalue weighted by Crippen LogP contribution is -1.98. The molecule has 0 radical (unpaired) electrons. The first kappa shape index (κ1) is 13.1. The van der Waals surface area contributed by atoms with E-state index in [9.17, 15) is 4.39 Å². The molecule has 0 atom stereocenters. The van der Waals surface area contributed by atoms with E-state index in [4.69, 9.17) is 0 Å². The monoisotopic (exact) mass is 308 g/mol. The Balaban J connectivity index is 2.52. The highest BCUT2D eigenvalue weighted by Gasteiger charge is 2.09. The van der Waals surface area contributed by atoms with E-state index in [2.05, 4.69) is 32.8 Å². The molecule has 0 N–H and O–H groups in total. The fraction of sp³-hybridized carbons (Fsp3) is 0.286. The van der Waals surface area contributed by atoms with Gasteiger partial charge >= 0.3 is 0 Å². The van der Waals surface area contributed by atoms with Crippen molar-refractivity contribution >= 4 is 15.9 Å². The minimum atomic E-state index is -0.256. The molecule has 94 valence electrons. The molecule has 0 fully saturated rings. The first-order valence-corrected chi connectivity index (χ1v) is 6.69. The summed E-state index contributed by atoms with van der Waals surface area (Å²) in [5, 5.41) is 0. The fourth-order valence-corrected chi connectivity index (χ4v) is 2.20. The van der Waals surface area contributed by atoms with Crippen LogP contribution in [0.1, 0.15) is 24.7 Å². The van der Waals surface area contributed by atoms with Gasteiger partial charge < -0.3 is 0 Å². The highest BCUT2D eigenvalue weighted by Crippen LogP contribution is 2.24. The van der Waals surface area contributed by atoms with Crippen LogP contribution >= 0.6 is 15.9 Å². The molecule has 2 rings (SSSR count). The van der Waals surface area contributed by atoms with E-state index in [0.29, 0.717) is 15.9 Å².